The molecule has 0 spiro atoms. The number of carbonyl (C=O) groups is 1. The zero-order valence-corrected chi connectivity index (χ0v) is 21.9. The van der Waals surface area contributed by atoms with Crippen LogP contribution < -0.4 is 10.6 Å². The molecular formula is C27H28ClN9O. The Morgan fingerprint density at radius 1 is 1.21 bits per heavy atom. The van der Waals surface area contributed by atoms with Crippen LogP contribution in [-0.4, -0.2) is 73.6 Å². The van der Waals surface area contributed by atoms with Gasteiger partial charge in [-0.05, 0) is 68.3 Å². The number of rotatable bonds is 6. The zero-order chi connectivity index (χ0) is 26.4. The lowest BCUT2D eigenvalue weighted by Gasteiger charge is -2.47. The van der Waals surface area contributed by atoms with Crippen molar-refractivity contribution in [2.45, 2.75) is 50.6 Å². The van der Waals surface area contributed by atoms with Gasteiger partial charge in [0, 0.05) is 32.1 Å². The van der Waals surface area contributed by atoms with Crippen molar-refractivity contribution >= 4 is 40.6 Å². The summed E-state index contributed by atoms with van der Waals surface area (Å²) in [5, 5.41) is 21.5. The van der Waals surface area contributed by atoms with Gasteiger partial charge in [-0.3, -0.25) is 9.69 Å². The third-order valence-corrected chi connectivity index (χ3v) is 8.12. The summed E-state index contributed by atoms with van der Waals surface area (Å²) in [5.74, 6) is 3.89. The van der Waals surface area contributed by atoms with Gasteiger partial charge in [-0.2, -0.15) is 14.8 Å². The number of imidazole rings is 1. The Balaban J connectivity index is 1.24. The molecule has 0 unspecified atom stereocenters. The van der Waals surface area contributed by atoms with Crippen LogP contribution in [0.2, 0.25) is 5.02 Å². The molecule has 1 amide bonds. The predicted molar refractivity (Wildman–Crippen MR) is 144 cm³/mol. The van der Waals surface area contributed by atoms with Crippen molar-refractivity contribution in [3.8, 4) is 18.4 Å². The van der Waals surface area contributed by atoms with Crippen LogP contribution in [0, 0.1) is 23.7 Å². The molecule has 0 bridgehead atoms. The number of amides is 1. The number of hydrogen-bond acceptors (Lipinski definition) is 8. The first-order valence-electron chi connectivity index (χ1n) is 12.9. The highest BCUT2D eigenvalue weighted by molar-refractivity contribution is 6.34. The van der Waals surface area contributed by atoms with Gasteiger partial charge in [-0.15, -0.1) is 11.5 Å². The van der Waals surface area contributed by atoms with Gasteiger partial charge in [-0.1, -0.05) is 11.6 Å². The first-order valence-corrected chi connectivity index (χ1v) is 13.3. The summed E-state index contributed by atoms with van der Waals surface area (Å²) >= 11 is 6.95. The van der Waals surface area contributed by atoms with Gasteiger partial charge < -0.3 is 15.5 Å². The molecule has 0 radical (unpaired) electrons. The third kappa shape index (κ3) is 4.62. The van der Waals surface area contributed by atoms with E-state index in [4.69, 9.17) is 18.0 Å². The minimum atomic E-state index is 0.137. The van der Waals surface area contributed by atoms with Crippen LogP contribution >= 0.6 is 11.6 Å². The van der Waals surface area contributed by atoms with E-state index in [1.165, 1.54) is 0 Å². The molecule has 1 saturated carbocycles. The Labute approximate surface area is 226 Å². The average molecular weight is 530 g/mol. The number of piperidine rings is 1. The third-order valence-electron chi connectivity index (χ3n) is 7.70. The van der Waals surface area contributed by atoms with E-state index in [1.54, 1.807) is 23.7 Å². The zero-order valence-electron chi connectivity index (χ0n) is 21.1. The van der Waals surface area contributed by atoms with Crippen LogP contribution in [0.1, 0.15) is 55.3 Å². The molecule has 2 aliphatic heterocycles. The lowest BCUT2D eigenvalue weighted by atomic mass is 9.87. The minimum absolute atomic E-state index is 0.137. The Kier molecular flexibility index (Phi) is 6.30. The SMILES string of the molecule is C#Cc1cnc2c(NC3CC3)nc(Nc3cc(C#N)cc(C4CCN(C5CN(C(C)=O)C5)CC4)c3Cl)nn12. The van der Waals surface area contributed by atoms with Crippen molar-refractivity contribution in [2.24, 2.45) is 0 Å². The molecule has 2 N–H and O–H groups in total. The van der Waals surface area contributed by atoms with Gasteiger partial charge in [-0.25, -0.2) is 4.98 Å². The second-order valence-electron chi connectivity index (χ2n) is 10.3. The van der Waals surface area contributed by atoms with Crippen LogP contribution in [0.5, 0.6) is 0 Å². The summed E-state index contributed by atoms with van der Waals surface area (Å²) in [7, 11) is 0. The Bertz CT molecular complexity index is 1480. The Hall–Kier alpha value is -3.86. The number of fused-ring (bicyclic) bond motifs is 1. The topological polar surface area (TPSA) is 114 Å². The predicted octanol–water partition coefficient (Wildman–Crippen LogP) is 3.36. The largest absolute Gasteiger partial charge is 0.364 e. The number of benzene rings is 1. The molecule has 38 heavy (non-hydrogen) atoms. The lowest BCUT2D eigenvalue weighted by molar-refractivity contribution is -0.136. The smallest absolute Gasteiger partial charge is 0.247 e. The van der Waals surface area contributed by atoms with Crippen LogP contribution in [0.15, 0.2) is 18.3 Å². The molecule has 4 heterocycles. The summed E-state index contributed by atoms with van der Waals surface area (Å²) < 4.78 is 1.59. The molecular weight excluding hydrogens is 502 g/mol. The van der Waals surface area contributed by atoms with E-state index in [9.17, 15) is 10.1 Å². The molecule has 6 rings (SSSR count). The molecule has 0 atom stereocenters. The van der Waals surface area contributed by atoms with Gasteiger partial charge in [0.15, 0.2) is 11.5 Å². The average Bonchev–Trinajstić information content (AvgIpc) is 3.60. The van der Waals surface area contributed by atoms with Crippen molar-refractivity contribution < 1.29 is 4.79 Å². The fourth-order valence-electron chi connectivity index (χ4n) is 5.29. The van der Waals surface area contributed by atoms with Crippen LogP contribution in [-0.2, 0) is 4.79 Å². The number of carbonyl (C=O) groups excluding carboxylic acids is 1. The van der Waals surface area contributed by atoms with E-state index in [0.29, 0.717) is 51.5 Å². The summed E-state index contributed by atoms with van der Waals surface area (Å²) in [6.45, 7) is 5.10. The first kappa shape index (κ1) is 24.5. The summed E-state index contributed by atoms with van der Waals surface area (Å²) in [4.78, 5) is 24.9. The van der Waals surface area contributed by atoms with Crippen molar-refractivity contribution in [2.75, 3.05) is 36.8 Å². The normalized spacial score (nSPS) is 18.6. The fraction of sp³-hybridized carbons (Fsp3) is 0.444. The van der Waals surface area contributed by atoms with Crippen molar-refractivity contribution in [3.63, 3.8) is 0 Å². The molecule has 1 aliphatic carbocycles. The highest BCUT2D eigenvalue weighted by atomic mass is 35.5. The highest BCUT2D eigenvalue weighted by Gasteiger charge is 2.35. The van der Waals surface area contributed by atoms with Crippen LogP contribution in [0.25, 0.3) is 5.65 Å². The van der Waals surface area contributed by atoms with Crippen molar-refractivity contribution in [3.05, 3.63) is 40.2 Å². The number of nitrogens with zero attached hydrogens (tertiary/aromatic N) is 7. The van der Waals surface area contributed by atoms with Gasteiger partial charge in [0.2, 0.25) is 11.9 Å². The molecule has 3 fully saturated rings. The second-order valence-corrected chi connectivity index (χ2v) is 10.7. The molecule has 11 heteroatoms. The van der Waals surface area contributed by atoms with E-state index >= 15 is 0 Å². The quantitative estimate of drug-likeness (QED) is 0.467. The number of likely N-dealkylation sites (tertiary alicyclic amines) is 2. The number of anilines is 3. The highest BCUT2D eigenvalue weighted by Crippen LogP contribution is 2.39. The van der Waals surface area contributed by atoms with Gasteiger partial charge in [0.25, 0.3) is 0 Å². The van der Waals surface area contributed by atoms with E-state index in [-0.39, 0.29) is 11.8 Å². The summed E-state index contributed by atoms with van der Waals surface area (Å²) in [6, 6.07) is 6.68. The van der Waals surface area contributed by atoms with Gasteiger partial charge in [0.05, 0.1) is 28.5 Å². The summed E-state index contributed by atoms with van der Waals surface area (Å²) in [5.41, 5.74) is 3.15. The molecule has 194 valence electrons. The number of halogens is 1. The van der Waals surface area contributed by atoms with E-state index in [1.807, 2.05) is 11.0 Å². The van der Waals surface area contributed by atoms with Crippen molar-refractivity contribution in [1.29, 1.82) is 5.26 Å². The number of nitrogens with one attached hydrogen (secondary N) is 2. The molecule has 3 aromatic rings. The summed E-state index contributed by atoms with van der Waals surface area (Å²) in [6.07, 6.45) is 11.3. The maximum absolute atomic E-state index is 11.5. The van der Waals surface area contributed by atoms with Crippen LogP contribution in [0.4, 0.5) is 17.5 Å². The number of aromatic nitrogens is 4. The molecule has 2 aromatic heterocycles. The number of nitriles is 1. The van der Waals surface area contributed by atoms with E-state index < -0.39 is 0 Å². The number of terminal acetylenes is 1. The van der Waals surface area contributed by atoms with Crippen molar-refractivity contribution in [1.82, 2.24) is 29.4 Å². The second kappa shape index (κ2) is 9.79. The van der Waals surface area contributed by atoms with E-state index in [2.05, 4.69) is 42.6 Å². The molecule has 2 saturated heterocycles. The maximum Gasteiger partial charge on any atom is 0.247 e. The lowest BCUT2D eigenvalue weighted by Crippen LogP contribution is -2.61. The van der Waals surface area contributed by atoms with Gasteiger partial charge in [0.1, 0.15) is 5.69 Å². The fourth-order valence-corrected chi connectivity index (χ4v) is 5.60. The minimum Gasteiger partial charge on any atom is -0.364 e. The molecule has 10 nitrogen and oxygen atoms in total. The first-order chi connectivity index (χ1) is 18.4. The molecule has 3 aliphatic rings. The van der Waals surface area contributed by atoms with Gasteiger partial charge >= 0.3 is 0 Å². The maximum atomic E-state index is 11.5. The monoisotopic (exact) mass is 529 g/mol. The number of hydrogen-bond donors (Lipinski definition) is 2. The Morgan fingerprint density at radius 3 is 2.63 bits per heavy atom. The van der Waals surface area contributed by atoms with E-state index in [0.717, 1.165) is 57.4 Å². The molecule has 1 aromatic carbocycles. The standard InChI is InChI=1S/C27H28ClN9O/c1-3-20-13-30-26-25(31-19-4-5-19)33-27(34-37(20)26)32-23-11-17(12-29)10-22(24(23)28)18-6-8-35(9-7-18)21-14-36(15-21)16(2)38/h1,10-11,13,18-19,21H,4-9,14-15H2,2H3,(H2,31,32,33,34). The van der Waals surface area contributed by atoms with Crippen LogP contribution in [0.3, 0.4) is 0 Å². The Morgan fingerprint density at radius 2 is 1.97 bits per heavy atom.